The molecule has 0 amide bonds. The molecule has 134 valence electrons. The van der Waals surface area contributed by atoms with Crippen LogP contribution in [0.2, 0.25) is 0 Å². The number of anilines is 1. The fourth-order valence-electron chi connectivity index (χ4n) is 2.66. The van der Waals surface area contributed by atoms with Gasteiger partial charge < -0.3 is 19.5 Å². The molecule has 0 spiro atoms. The van der Waals surface area contributed by atoms with Gasteiger partial charge in [0.25, 0.3) is 0 Å². The zero-order valence-electron chi connectivity index (χ0n) is 14.9. The Morgan fingerprint density at radius 3 is 2.46 bits per heavy atom. The Morgan fingerprint density at radius 1 is 0.962 bits per heavy atom. The second-order valence-corrected chi connectivity index (χ2v) is 5.65. The standard InChI is InChI=1S/C20H20N2O4/c1-24-16-7-6-14-10-13(4-5-15(14)11-16)12-21-18-9-8-17(20(23)26-3)19(22-18)25-2/h4-11H,12H2,1-3H3,(H,21,22). The molecule has 1 heterocycles. The fraction of sp³-hybridized carbons (Fsp3) is 0.200. The van der Waals surface area contributed by atoms with Crippen molar-refractivity contribution < 1.29 is 19.0 Å². The predicted molar refractivity (Wildman–Crippen MR) is 100.0 cm³/mol. The van der Waals surface area contributed by atoms with Crippen molar-refractivity contribution in [2.45, 2.75) is 6.54 Å². The number of rotatable bonds is 6. The zero-order valence-corrected chi connectivity index (χ0v) is 14.9. The summed E-state index contributed by atoms with van der Waals surface area (Å²) in [4.78, 5) is 16.0. The lowest BCUT2D eigenvalue weighted by atomic mass is 10.1. The number of aromatic nitrogens is 1. The maximum Gasteiger partial charge on any atom is 0.343 e. The van der Waals surface area contributed by atoms with Gasteiger partial charge in [-0.25, -0.2) is 4.79 Å². The fourth-order valence-corrected chi connectivity index (χ4v) is 2.66. The van der Waals surface area contributed by atoms with Crippen LogP contribution >= 0.6 is 0 Å². The molecule has 0 fully saturated rings. The predicted octanol–water partition coefficient (Wildman–Crippen LogP) is 3.65. The summed E-state index contributed by atoms with van der Waals surface area (Å²) in [5.74, 6) is 1.20. The molecule has 1 aromatic heterocycles. The van der Waals surface area contributed by atoms with E-state index in [2.05, 4.69) is 28.5 Å². The summed E-state index contributed by atoms with van der Waals surface area (Å²) in [7, 11) is 4.45. The van der Waals surface area contributed by atoms with E-state index in [4.69, 9.17) is 14.2 Å². The molecule has 3 rings (SSSR count). The van der Waals surface area contributed by atoms with Crippen molar-refractivity contribution in [2.75, 3.05) is 26.6 Å². The first kappa shape index (κ1) is 17.5. The number of methoxy groups -OCH3 is 3. The van der Waals surface area contributed by atoms with Gasteiger partial charge in [0.15, 0.2) is 0 Å². The SMILES string of the molecule is COC(=O)c1ccc(NCc2ccc3cc(OC)ccc3c2)nc1OC. The van der Waals surface area contributed by atoms with Gasteiger partial charge in [0.05, 0.1) is 21.3 Å². The van der Waals surface area contributed by atoms with Crippen molar-refractivity contribution in [1.82, 2.24) is 4.98 Å². The van der Waals surface area contributed by atoms with E-state index in [1.165, 1.54) is 14.2 Å². The van der Waals surface area contributed by atoms with E-state index in [0.29, 0.717) is 17.9 Å². The van der Waals surface area contributed by atoms with Crippen LogP contribution in [0.4, 0.5) is 5.82 Å². The Balaban J connectivity index is 1.76. The van der Waals surface area contributed by atoms with E-state index in [0.717, 1.165) is 22.1 Å². The molecule has 0 saturated carbocycles. The van der Waals surface area contributed by atoms with Crippen molar-refractivity contribution in [3.05, 3.63) is 59.7 Å². The van der Waals surface area contributed by atoms with Gasteiger partial charge in [0.2, 0.25) is 5.88 Å². The number of esters is 1. The van der Waals surface area contributed by atoms with Gasteiger partial charge in [-0.15, -0.1) is 0 Å². The smallest absolute Gasteiger partial charge is 0.343 e. The summed E-state index contributed by atoms with van der Waals surface area (Å²) in [5, 5.41) is 5.50. The Morgan fingerprint density at radius 2 is 1.73 bits per heavy atom. The number of ether oxygens (including phenoxy) is 3. The lowest BCUT2D eigenvalue weighted by Gasteiger charge is -2.10. The van der Waals surface area contributed by atoms with Gasteiger partial charge in [-0.3, -0.25) is 0 Å². The van der Waals surface area contributed by atoms with Gasteiger partial charge in [-0.1, -0.05) is 18.2 Å². The van der Waals surface area contributed by atoms with Crippen molar-refractivity contribution in [3.63, 3.8) is 0 Å². The second-order valence-electron chi connectivity index (χ2n) is 5.65. The highest BCUT2D eigenvalue weighted by molar-refractivity contribution is 5.92. The molecule has 6 nitrogen and oxygen atoms in total. The summed E-state index contributed by atoms with van der Waals surface area (Å²) >= 11 is 0. The van der Waals surface area contributed by atoms with Crippen molar-refractivity contribution in [3.8, 4) is 11.6 Å². The Bertz CT molecular complexity index is 940. The minimum atomic E-state index is -0.481. The molecule has 0 saturated heterocycles. The van der Waals surface area contributed by atoms with Crippen LogP contribution in [-0.2, 0) is 11.3 Å². The summed E-state index contributed by atoms with van der Waals surface area (Å²) in [6.07, 6.45) is 0. The average Bonchev–Trinajstić information content (AvgIpc) is 2.70. The van der Waals surface area contributed by atoms with Crippen LogP contribution in [0.1, 0.15) is 15.9 Å². The lowest BCUT2D eigenvalue weighted by molar-refractivity contribution is 0.0596. The number of nitrogens with one attached hydrogen (secondary N) is 1. The van der Waals surface area contributed by atoms with Crippen LogP contribution < -0.4 is 14.8 Å². The molecule has 26 heavy (non-hydrogen) atoms. The number of hydrogen-bond acceptors (Lipinski definition) is 6. The van der Waals surface area contributed by atoms with E-state index in [-0.39, 0.29) is 5.88 Å². The summed E-state index contributed by atoms with van der Waals surface area (Å²) in [5.41, 5.74) is 1.40. The maximum absolute atomic E-state index is 11.7. The van der Waals surface area contributed by atoms with E-state index in [1.807, 2.05) is 18.2 Å². The molecular formula is C20H20N2O4. The van der Waals surface area contributed by atoms with Crippen LogP contribution in [-0.4, -0.2) is 32.3 Å². The van der Waals surface area contributed by atoms with Crippen molar-refractivity contribution in [1.29, 1.82) is 0 Å². The number of benzene rings is 2. The number of carbonyl (C=O) groups excluding carboxylic acids is 1. The number of fused-ring (bicyclic) bond motifs is 1. The summed E-state index contributed by atoms with van der Waals surface area (Å²) in [6, 6.07) is 15.6. The first-order valence-electron chi connectivity index (χ1n) is 8.08. The highest BCUT2D eigenvalue weighted by Gasteiger charge is 2.14. The van der Waals surface area contributed by atoms with Crippen LogP contribution in [0.15, 0.2) is 48.5 Å². The molecule has 0 atom stereocenters. The lowest BCUT2D eigenvalue weighted by Crippen LogP contribution is -2.08. The minimum absolute atomic E-state index is 0.229. The van der Waals surface area contributed by atoms with Gasteiger partial charge in [-0.2, -0.15) is 4.98 Å². The highest BCUT2D eigenvalue weighted by atomic mass is 16.5. The average molecular weight is 352 g/mol. The molecule has 2 aromatic carbocycles. The number of pyridine rings is 1. The van der Waals surface area contributed by atoms with Gasteiger partial charge in [-0.05, 0) is 46.7 Å². The number of nitrogens with zero attached hydrogens (tertiary/aromatic N) is 1. The highest BCUT2D eigenvalue weighted by Crippen LogP contribution is 2.23. The monoisotopic (exact) mass is 352 g/mol. The molecule has 0 aliphatic carbocycles. The minimum Gasteiger partial charge on any atom is -0.497 e. The molecule has 0 radical (unpaired) electrons. The number of hydrogen-bond donors (Lipinski definition) is 1. The normalized spacial score (nSPS) is 10.4. The first-order chi connectivity index (χ1) is 12.6. The van der Waals surface area contributed by atoms with Crippen molar-refractivity contribution >= 4 is 22.6 Å². The zero-order chi connectivity index (χ0) is 18.5. The number of carbonyl (C=O) groups is 1. The van der Waals surface area contributed by atoms with Gasteiger partial charge >= 0.3 is 5.97 Å². The van der Waals surface area contributed by atoms with E-state index < -0.39 is 5.97 Å². The molecule has 0 bridgehead atoms. The Labute approximate surface area is 151 Å². The maximum atomic E-state index is 11.7. The quantitative estimate of drug-likeness (QED) is 0.683. The van der Waals surface area contributed by atoms with E-state index in [9.17, 15) is 4.79 Å². The van der Waals surface area contributed by atoms with Gasteiger partial charge in [0, 0.05) is 6.54 Å². The Hall–Kier alpha value is -3.28. The van der Waals surface area contributed by atoms with Gasteiger partial charge in [0.1, 0.15) is 17.1 Å². The van der Waals surface area contributed by atoms with Crippen molar-refractivity contribution in [2.24, 2.45) is 0 Å². The molecule has 3 aromatic rings. The van der Waals surface area contributed by atoms with Crippen LogP contribution in [0, 0.1) is 0 Å². The van der Waals surface area contributed by atoms with E-state index in [1.54, 1.807) is 19.2 Å². The Kier molecular flexibility index (Phi) is 5.22. The molecule has 0 unspecified atom stereocenters. The summed E-state index contributed by atoms with van der Waals surface area (Å²) in [6.45, 7) is 0.593. The van der Waals surface area contributed by atoms with Crippen LogP contribution in [0.25, 0.3) is 10.8 Å². The largest absolute Gasteiger partial charge is 0.497 e. The molecular weight excluding hydrogens is 332 g/mol. The third-order valence-electron chi connectivity index (χ3n) is 4.04. The van der Waals surface area contributed by atoms with Crippen LogP contribution in [0.5, 0.6) is 11.6 Å². The third kappa shape index (κ3) is 3.69. The topological polar surface area (TPSA) is 69.7 Å². The molecule has 6 heteroatoms. The summed E-state index contributed by atoms with van der Waals surface area (Å²) < 4.78 is 15.1. The second kappa shape index (κ2) is 7.74. The van der Waals surface area contributed by atoms with E-state index >= 15 is 0 Å². The third-order valence-corrected chi connectivity index (χ3v) is 4.04. The van der Waals surface area contributed by atoms with Crippen LogP contribution in [0.3, 0.4) is 0 Å². The molecule has 0 aliphatic rings. The molecule has 0 aliphatic heterocycles. The first-order valence-corrected chi connectivity index (χ1v) is 8.08. The molecule has 1 N–H and O–H groups in total.